The van der Waals surface area contributed by atoms with Crippen LogP contribution in [-0.2, 0) is 27.1 Å². The van der Waals surface area contributed by atoms with Crippen molar-refractivity contribution >= 4 is 41.6 Å². The van der Waals surface area contributed by atoms with Crippen molar-refractivity contribution in [1.29, 1.82) is 0 Å². The van der Waals surface area contributed by atoms with Crippen LogP contribution in [0.25, 0.3) is 10.2 Å². The average Bonchev–Trinajstić information content (AvgIpc) is 2.89. The van der Waals surface area contributed by atoms with Gasteiger partial charge in [-0.15, -0.1) is 5.10 Å². The number of benzene rings is 2. The summed E-state index contributed by atoms with van der Waals surface area (Å²) in [7, 11) is -6.79. The molecule has 0 N–H and O–H groups in total. The highest BCUT2D eigenvalue weighted by molar-refractivity contribution is 8.03. The fourth-order valence-electron chi connectivity index (χ4n) is 2.24. The van der Waals surface area contributed by atoms with Gasteiger partial charge < -0.3 is 4.57 Å². The minimum Gasteiger partial charge on any atom is -0.318 e. The van der Waals surface area contributed by atoms with Crippen LogP contribution in [0.1, 0.15) is 0 Å². The Labute approximate surface area is 149 Å². The van der Waals surface area contributed by atoms with E-state index in [1.165, 1.54) is 35.6 Å². The number of hydrogen-bond donors (Lipinski definition) is 0. The molecule has 0 atom stereocenters. The molecule has 0 amide bonds. The van der Waals surface area contributed by atoms with Gasteiger partial charge in [-0.2, -0.15) is 8.42 Å². The summed E-state index contributed by atoms with van der Waals surface area (Å²) in [6.07, 6.45) is 0.810. The van der Waals surface area contributed by atoms with E-state index < -0.39 is 20.0 Å². The first-order chi connectivity index (χ1) is 11.7. The van der Waals surface area contributed by atoms with Crippen LogP contribution < -0.4 is 4.80 Å². The number of aromatic nitrogens is 1. The minimum atomic E-state index is -4.34. The van der Waals surface area contributed by atoms with Gasteiger partial charge in [0.25, 0.3) is 20.0 Å². The highest BCUT2D eigenvalue weighted by Gasteiger charge is 2.31. The van der Waals surface area contributed by atoms with Gasteiger partial charge in [-0.1, -0.05) is 45.5 Å². The summed E-state index contributed by atoms with van der Waals surface area (Å²) >= 11 is 1.21. The SMILES string of the molecule is Cn1/c(=N\N(S(C)(=O)=O)S(=O)(=O)c2ccccc2)sc2ccccc21. The summed E-state index contributed by atoms with van der Waals surface area (Å²) in [5.41, 5.74) is 0.830. The van der Waals surface area contributed by atoms with E-state index in [-0.39, 0.29) is 13.5 Å². The molecule has 0 saturated carbocycles. The quantitative estimate of drug-likeness (QED) is 0.627. The number of rotatable bonds is 4. The normalized spacial score (nSPS) is 13.3. The molecule has 3 aromatic rings. The Balaban J connectivity index is 2.26. The van der Waals surface area contributed by atoms with Crippen molar-refractivity contribution in [3.63, 3.8) is 0 Å². The summed E-state index contributed by atoms with van der Waals surface area (Å²) in [6.45, 7) is 0. The first-order valence-electron chi connectivity index (χ1n) is 7.11. The van der Waals surface area contributed by atoms with Crippen LogP contribution in [0.2, 0.25) is 0 Å². The molecule has 2 aromatic carbocycles. The van der Waals surface area contributed by atoms with Crippen molar-refractivity contribution in [3.8, 4) is 0 Å². The summed E-state index contributed by atoms with van der Waals surface area (Å²) in [5.74, 6) is 0. The molecule has 1 heterocycles. The maximum Gasteiger partial charge on any atom is 0.292 e. The highest BCUT2D eigenvalue weighted by Crippen LogP contribution is 2.20. The highest BCUT2D eigenvalue weighted by atomic mass is 32.3. The largest absolute Gasteiger partial charge is 0.318 e. The van der Waals surface area contributed by atoms with Crippen LogP contribution in [0, 0.1) is 0 Å². The lowest BCUT2D eigenvalue weighted by atomic mass is 10.3. The molecule has 1 aromatic heterocycles. The van der Waals surface area contributed by atoms with E-state index in [0.29, 0.717) is 0 Å². The van der Waals surface area contributed by atoms with Crippen molar-refractivity contribution in [2.45, 2.75) is 4.90 Å². The predicted molar refractivity (Wildman–Crippen MR) is 96.7 cm³/mol. The molecule has 0 aliphatic heterocycles. The third-order valence-corrected chi connectivity index (χ3v) is 7.93. The topological polar surface area (TPSA) is 88.8 Å². The molecule has 25 heavy (non-hydrogen) atoms. The fraction of sp³-hybridized carbons (Fsp3) is 0.133. The number of sulfonamides is 2. The molecule has 0 fully saturated rings. The van der Waals surface area contributed by atoms with Crippen LogP contribution in [0.15, 0.2) is 64.6 Å². The van der Waals surface area contributed by atoms with E-state index in [4.69, 9.17) is 0 Å². The van der Waals surface area contributed by atoms with Crippen molar-refractivity contribution in [1.82, 2.24) is 8.39 Å². The number of hydrogen-bond acceptors (Lipinski definition) is 6. The zero-order valence-electron chi connectivity index (χ0n) is 13.4. The third-order valence-electron chi connectivity index (χ3n) is 3.41. The van der Waals surface area contributed by atoms with Crippen molar-refractivity contribution in [3.05, 3.63) is 59.4 Å². The van der Waals surface area contributed by atoms with E-state index in [0.717, 1.165) is 16.5 Å². The Morgan fingerprint density at radius 1 is 0.960 bits per heavy atom. The van der Waals surface area contributed by atoms with Crippen LogP contribution >= 0.6 is 11.3 Å². The smallest absolute Gasteiger partial charge is 0.292 e. The molecule has 0 saturated heterocycles. The second kappa shape index (κ2) is 6.28. The van der Waals surface area contributed by atoms with Gasteiger partial charge in [0.1, 0.15) is 0 Å². The Morgan fingerprint density at radius 2 is 1.56 bits per heavy atom. The van der Waals surface area contributed by atoms with Crippen molar-refractivity contribution < 1.29 is 16.8 Å². The molecule has 0 radical (unpaired) electrons. The Morgan fingerprint density at radius 3 is 2.16 bits per heavy atom. The van der Waals surface area contributed by atoms with Crippen LogP contribution in [-0.4, -0.2) is 31.5 Å². The van der Waals surface area contributed by atoms with Gasteiger partial charge in [-0.05, 0) is 24.3 Å². The molecule has 0 bridgehead atoms. The Kier molecular flexibility index (Phi) is 4.43. The molecule has 0 unspecified atom stereocenters. The zero-order valence-corrected chi connectivity index (χ0v) is 15.8. The number of para-hydroxylation sites is 1. The third kappa shape index (κ3) is 3.32. The Bertz CT molecular complexity index is 1190. The lowest BCUT2D eigenvalue weighted by Crippen LogP contribution is -2.34. The van der Waals surface area contributed by atoms with E-state index >= 15 is 0 Å². The van der Waals surface area contributed by atoms with Gasteiger partial charge >= 0.3 is 0 Å². The fourth-order valence-corrected chi connectivity index (χ4v) is 6.13. The predicted octanol–water partition coefficient (Wildman–Crippen LogP) is 1.71. The summed E-state index contributed by atoms with van der Waals surface area (Å²) in [6, 6.07) is 14.7. The molecule has 132 valence electrons. The van der Waals surface area contributed by atoms with Gasteiger partial charge in [0.2, 0.25) is 4.80 Å². The Hall–Kier alpha value is -2.17. The number of fused-ring (bicyclic) bond motifs is 1. The molecule has 0 aliphatic carbocycles. The van der Waals surface area contributed by atoms with E-state index in [1.807, 2.05) is 24.3 Å². The van der Waals surface area contributed by atoms with Gasteiger partial charge in [0, 0.05) is 7.05 Å². The average molecular weight is 398 g/mol. The molecular weight excluding hydrogens is 382 g/mol. The van der Waals surface area contributed by atoms with Gasteiger partial charge in [-0.3, -0.25) is 0 Å². The monoisotopic (exact) mass is 397 g/mol. The summed E-state index contributed by atoms with van der Waals surface area (Å²) < 4.78 is 52.5. The van der Waals surface area contributed by atoms with Gasteiger partial charge in [0.05, 0.1) is 21.4 Å². The molecule has 3 rings (SSSR count). The molecule has 0 spiro atoms. The van der Waals surface area contributed by atoms with E-state index in [2.05, 4.69) is 5.10 Å². The van der Waals surface area contributed by atoms with Gasteiger partial charge in [0.15, 0.2) is 0 Å². The number of thiazole rings is 1. The first kappa shape index (κ1) is 17.6. The van der Waals surface area contributed by atoms with Crippen molar-refractivity contribution in [2.24, 2.45) is 12.1 Å². The second-order valence-corrected chi connectivity index (χ2v) is 10.1. The van der Waals surface area contributed by atoms with Crippen LogP contribution in [0.5, 0.6) is 0 Å². The second-order valence-electron chi connectivity index (χ2n) is 5.27. The zero-order chi connectivity index (χ0) is 18.2. The maximum atomic E-state index is 12.8. The number of nitrogens with zero attached hydrogens (tertiary/aromatic N) is 3. The number of aryl methyl sites for hydroxylation is 1. The van der Waals surface area contributed by atoms with Gasteiger partial charge in [-0.25, -0.2) is 8.42 Å². The maximum absolute atomic E-state index is 12.8. The standard InChI is InChI=1S/C15H15N3O4S3/c1-17-13-10-6-7-11-14(13)23-15(17)16-18(24(2,19)20)25(21,22)12-8-4-3-5-9-12/h3-11H,1-2H3/b16-15+. The first-order valence-corrected chi connectivity index (χ1v) is 11.2. The lowest BCUT2D eigenvalue weighted by Gasteiger charge is -2.16. The minimum absolute atomic E-state index is 0.145. The lowest BCUT2D eigenvalue weighted by molar-refractivity contribution is 0.504. The van der Waals surface area contributed by atoms with Crippen LogP contribution in [0.4, 0.5) is 0 Å². The summed E-state index contributed by atoms with van der Waals surface area (Å²) in [4.78, 5) is 0.110. The molecule has 7 nitrogen and oxygen atoms in total. The van der Waals surface area contributed by atoms with E-state index in [9.17, 15) is 16.8 Å². The summed E-state index contributed by atoms with van der Waals surface area (Å²) in [5, 5.41) is 3.95. The van der Waals surface area contributed by atoms with Crippen LogP contribution in [0.3, 0.4) is 0 Å². The van der Waals surface area contributed by atoms with Crippen molar-refractivity contribution in [2.75, 3.05) is 6.26 Å². The van der Waals surface area contributed by atoms with E-state index in [1.54, 1.807) is 17.7 Å². The molecule has 0 aliphatic rings. The molecule has 10 heteroatoms. The molecular formula is C15H15N3O4S3.